The van der Waals surface area contributed by atoms with Gasteiger partial charge in [-0.2, -0.15) is 0 Å². The zero-order valence-corrected chi connectivity index (χ0v) is 22.4. The van der Waals surface area contributed by atoms with Gasteiger partial charge >= 0.3 is 0 Å². The van der Waals surface area contributed by atoms with Crippen LogP contribution < -0.4 is 15.5 Å². The van der Waals surface area contributed by atoms with Crippen LogP contribution in [0, 0.1) is 6.92 Å². The average Bonchev–Trinajstić information content (AvgIpc) is 3.53. The summed E-state index contributed by atoms with van der Waals surface area (Å²) in [5.74, 6) is -0.302. The lowest BCUT2D eigenvalue weighted by atomic mass is 9.99. The Morgan fingerprint density at radius 3 is 2.42 bits per heavy atom. The smallest absolute Gasteiger partial charge is 0.262 e. The number of rotatable bonds is 9. The number of hydrogen-bond acceptors (Lipinski definition) is 6. The summed E-state index contributed by atoms with van der Waals surface area (Å²) in [5, 5.41) is 6.36. The van der Waals surface area contributed by atoms with Crippen molar-refractivity contribution in [1.29, 1.82) is 0 Å². The van der Waals surface area contributed by atoms with Crippen LogP contribution in [0.5, 0.6) is 0 Å². The number of carbonyl (C=O) groups is 1. The van der Waals surface area contributed by atoms with E-state index < -0.39 is 10.0 Å². The maximum absolute atomic E-state index is 13.3. The third-order valence-electron chi connectivity index (χ3n) is 6.80. The Balaban J connectivity index is 1.55. The van der Waals surface area contributed by atoms with Crippen molar-refractivity contribution in [2.45, 2.75) is 38.1 Å². The molecule has 0 spiro atoms. The molecule has 2 aliphatic heterocycles. The summed E-state index contributed by atoms with van der Waals surface area (Å²) >= 11 is 0. The normalized spacial score (nSPS) is 16.8. The van der Waals surface area contributed by atoms with E-state index in [9.17, 15) is 13.2 Å². The topological polar surface area (TPSA) is 99.8 Å². The number of nitrogens with one attached hydrogen (secondary N) is 3. The zero-order valence-electron chi connectivity index (χ0n) is 21.6. The van der Waals surface area contributed by atoms with Gasteiger partial charge in [0, 0.05) is 23.5 Å². The summed E-state index contributed by atoms with van der Waals surface area (Å²) in [7, 11) is -3.94. The van der Waals surface area contributed by atoms with Crippen LogP contribution in [0.25, 0.3) is 11.3 Å². The maximum Gasteiger partial charge on any atom is 0.262 e. The van der Waals surface area contributed by atoms with Gasteiger partial charge < -0.3 is 10.6 Å². The molecule has 0 atom stereocenters. The first-order chi connectivity index (χ1) is 18.4. The van der Waals surface area contributed by atoms with Crippen molar-refractivity contribution in [3.05, 3.63) is 89.0 Å². The second-order valence-electron chi connectivity index (χ2n) is 9.56. The molecule has 2 aliphatic rings. The third kappa shape index (κ3) is 5.51. The minimum Gasteiger partial charge on any atom is -0.354 e. The first kappa shape index (κ1) is 26.1. The predicted octanol–water partition coefficient (Wildman–Crippen LogP) is 4.75. The molecule has 0 radical (unpaired) electrons. The molecule has 3 N–H and O–H groups in total. The van der Waals surface area contributed by atoms with Crippen LogP contribution in [0.3, 0.4) is 0 Å². The number of amides is 1. The van der Waals surface area contributed by atoms with Crippen LogP contribution in [0.2, 0.25) is 0 Å². The minimum absolute atomic E-state index is 0.0531. The molecule has 3 aromatic carbocycles. The number of fused-ring (bicyclic) bond motifs is 1. The van der Waals surface area contributed by atoms with Crippen LogP contribution in [0.15, 0.2) is 71.6 Å². The largest absolute Gasteiger partial charge is 0.354 e. The van der Waals surface area contributed by atoms with Gasteiger partial charge in [0.25, 0.3) is 15.9 Å². The molecule has 9 heteroatoms. The van der Waals surface area contributed by atoms with Crippen molar-refractivity contribution in [3.8, 4) is 0 Å². The molecule has 8 nitrogen and oxygen atoms in total. The van der Waals surface area contributed by atoms with E-state index in [-0.39, 0.29) is 17.4 Å². The third-order valence-corrected chi connectivity index (χ3v) is 8.16. The number of benzene rings is 3. The fourth-order valence-corrected chi connectivity index (χ4v) is 6.06. The van der Waals surface area contributed by atoms with Gasteiger partial charge in [0.15, 0.2) is 0 Å². The Bertz CT molecular complexity index is 1460. The van der Waals surface area contributed by atoms with Gasteiger partial charge in [-0.15, -0.1) is 0 Å². The molecule has 1 saturated heterocycles. The Hall–Kier alpha value is -3.50. The van der Waals surface area contributed by atoms with Crippen molar-refractivity contribution >= 4 is 38.6 Å². The quantitative estimate of drug-likeness (QED) is 0.272. The first-order valence-corrected chi connectivity index (χ1v) is 14.3. The molecule has 2 heterocycles. The summed E-state index contributed by atoms with van der Waals surface area (Å²) in [5.41, 5.74) is 5.43. The molecule has 0 aliphatic carbocycles. The maximum atomic E-state index is 13.3. The number of anilines is 2. The van der Waals surface area contributed by atoms with Crippen molar-refractivity contribution in [1.82, 2.24) is 9.79 Å². The molecule has 0 bridgehead atoms. The van der Waals surface area contributed by atoms with Gasteiger partial charge in [0.1, 0.15) is 0 Å². The molecular formula is C29H32N4O4S. The summed E-state index contributed by atoms with van der Waals surface area (Å²) < 4.78 is 25.8. The van der Waals surface area contributed by atoms with Crippen molar-refractivity contribution < 1.29 is 18.0 Å². The van der Waals surface area contributed by atoms with E-state index >= 15 is 0 Å². The van der Waals surface area contributed by atoms with E-state index in [2.05, 4.69) is 32.6 Å². The minimum atomic E-state index is -3.94. The lowest BCUT2D eigenvalue weighted by molar-refractivity contribution is -0.110. The molecule has 0 aromatic heterocycles. The van der Waals surface area contributed by atoms with Crippen molar-refractivity contribution in [2.24, 2.45) is 0 Å². The van der Waals surface area contributed by atoms with Gasteiger partial charge in [0.2, 0.25) is 0 Å². The van der Waals surface area contributed by atoms with Crippen LogP contribution in [-0.2, 0) is 26.2 Å². The van der Waals surface area contributed by atoms with Gasteiger partial charge in [-0.05, 0) is 80.7 Å². The highest BCUT2D eigenvalue weighted by atomic mass is 32.2. The van der Waals surface area contributed by atoms with E-state index in [0.29, 0.717) is 28.1 Å². The number of carbonyl (C=O) groups excluding carboxylic acids is 1. The van der Waals surface area contributed by atoms with Crippen LogP contribution in [-0.4, -0.2) is 38.9 Å². The van der Waals surface area contributed by atoms with Crippen molar-refractivity contribution in [2.75, 3.05) is 30.3 Å². The summed E-state index contributed by atoms with van der Waals surface area (Å²) in [6, 6.07) is 21.0. The highest BCUT2D eigenvalue weighted by Crippen LogP contribution is 2.40. The number of nitrogens with zero attached hydrogens (tertiary/aromatic N) is 1. The van der Waals surface area contributed by atoms with E-state index in [1.165, 1.54) is 24.5 Å². The van der Waals surface area contributed by atoms with Gasteiger partial charge in [-0.1, -0.05) is 47.3 Å². The standard InChI is InChI=1S/C29H32N4O4S/c1-3-37-32-38(35,36)26-18-24-25(17-20(26)2)31-29(34)27(24)28(22-9-5-4-6-10-22)30-23-13-11-21(12-14-23)19-33-15-7-8-16-33/h4-6,9-14,17-18,30,32H,3,7-8,15-16,19H2,1-2H3,(H,31,34)/b28-27-. The first-order valence-electron chi connectivity index (χ1n) is 12.8. The molecule has 1 amide bonds. The second-order valence-corrected chi connectivity index (χ2v) is 11.2. The Kier molecular flexibility index (Phi) is 7.62. The highest BCUT2D eigenvalue weighted by Gasteiger charge is 2.31. The molecular weight excluding hydrogens is 500 g/mol. The fraction of sp³-hybridized carbons (Fsp3) is 0.276. The van der Waals surface area contributed by atoms with E-state index in [1.54, 1.807) is 19.9 Å². The van der Waals surface area contributed by atoms with E-state index in [0.717, 1.165) is 30.9 Å². The predicted molar refractivity (Wildman–Crippen MR) is 150 cm³/mol. The molecule has 0 saturated carbocycles. The van der Waals surface area contributed by atoms with Crippen LogP contribution in [0.4, 0.5) is 11.4 Å². The monoisotopic (exact) mass is 532 g/mol. The van der Waals surface area contributed by atoms with E-state index in [1.807, 2.05) is 42.5 Å². The number of hydrogen-bond donors (Lipinski definition) is 3. The zero-order chi connectivity index (χ0) is 26.7. The summed E-state index contributed by atoms with van der Waals surface area (Å²) in [4.78, 5) is 22.9. The second kappa shape index (κ2) is 11.1. The lowest BCUT2D eigenvalue weighted by Gasteiger charge is -2.17. The van der Waals surface area contributed by atoms with Gasteiger partial charge in [-0.3, -0.25) is 14.5 Å². The molecule has 198 valence electrons. The van der Waals surface area contributed by atoms with Crippen LogP contribution >= 0.6 is 0 Å². The van der Waals surface area contributed by atoms with E-state index in [4.69, 9.17) is 4.84 Å². The average molecular weight is 533 g/mol. The molecule has 5 rings (SSSR count). The lowest BCUT2D eigenvalue weighted by Crippen LogP contribution is -2.24. The molecule has 3 aromatic rings. The molecule has 38 heavy (non-hydrogen) atoms. The Labute approximate surface area is 223 Å². The summed E-state index contributed by atoms with van der Waals surface area (Å²) in [6.07, 6.45) is 2.50. The van der Waals surface area contributed by atoms with Crippen molar-refractivity contribution in [3.63, 3.8) is 0 Å². The SMILES string of the molecule is CCONS(=O)(=O)c1cc2c(cc1C)NC(=O)/C2=C(\Nc1ccc(CN2CCCC2)cc1)c1ccccc1. The van der Waals surface area contributed by atoms with Gasteiger partial charge in [-0.25, -0.2) is 8.42 Å². The van der Waals surface area contributed by atoms with Crippen LogP contribution in [0.1, 0.15) is 42.0 Å². The highest BCUT2D eigenvalue weighted by molar-refractivity contribution is 7.89. The number of sulfonamides is 1. The summed E-state index contributed by atoms with van der Waals surface area (Å²) in [6.45, 7) is 6.77. The van der Waals surface area contributed by atoms with Gasteiger partial charge in [0.05, 0.1) is 22.8 Å². The number of likely N-dealkylation sites (tertiary alicyclic amines) is 1. The molecule has 0 unspecified atom stereocenters. The fourth-order valence-electron chi connectivity index (χ4n) is 4.95. The molecule has 1 fully saturated rings. The number of aryl methyl sites for hydroxylation is 1. The Morgan fingerprint density at radius 2 is 1.74 bits per heavy atom. The Morgan fingerprint density at radius 1 is 1.03 bits per heavy atom.